The highest BCUT2D eigenvalue weighted by Gasteiger charge is 2.28. The van der Waals surface area contributed by atoms with Crippen molar-refractivity contribution in [2.24, 2.45) is 5.92 Å². The molecule has 0 saturated carbocycles. The van der Waals surface area contributed by atoms with Crippen molar-refractivity contribution in [1.29, 1.82) is 0 Å². The van der Waals surface area contributed by atoms with Gasteiger partial charge in [-0.2, -0.15) is 0 Å². The summed E-state index contributed by atoms with van der Waals surface area (Å²) in [5.74, 6) is 8.71. The van der Waals surface area contributed by atoms with Gasteiger partial charge in [-0.3, -0.25) is 4.79 Å². The van der Waals surface area contributed by atoms with E-state index in [9.17, 15) is 4.79 Å². The van der Waals surface area contributed by atoms with E-state index in [2.05, 4.69) is 34.5 Å². The molecule has 3 aromatic rings. The van der Waals surface area contributed by atoms with Crippen molar-refractivity contribution >= 4 is 17.7 Å². The van der Waals surface area contributed by atoms with E-state index >= 15 is 0 Å². The summed E-state index contributed by atoms with van der Waals surface area (Å²) in [4.78, 5) is 15.0. The normalized spacial score (nSPS) is 15.2. The van der Waals surface area contributed by atoms with Gasteiger partial charge in [-0.15, -0.1) is 10.2 Å². The molecule has 180 valence electrons. The average molecular weight is 482 g/mol. The molecule has 0 radical (unpaired) electrons. The van der Waals surface area contributed by atoms with Gasteiger partial charge in [0.1, 0.15) is 0 Å². The molecule has 8 nitrogen and oxygen atoms in total. The van der Waals surface area contributed by atoms with Crippen molar-refractivity contribution in [1.82, 2.24) is 19.8 Å². The van der Waals surface area contributed by atoms with Crippen LogP contribution in [0.25, 0.3) is 11.4 Å². The monoisotopic (exact) mass is 481 g/mol. The molecule has 1 saturated heterocycles. The quantitative estimate of drug-likeness (QED) is 0.388. The van der Waals surface area contributed by atoms with E-state index in [0.29, 0.717) is 28.4 Å². The Hall–Kier alpha value is -3.20. The van der Waals surface area contributed by atoms with Gasteiger partial charge in [0.25, 0.3) is 0 Å². The molecule has 1 aliphatic heterocycles. The summed E-state index contributed by atoms with van der Waals surface area (Å²) < 4.78 is 12.1. The fourth-order valence-corrected chi connectivity index (χ4v) is 5.15. The number of rotatable bonds is 8. The van der Waals surface area contributed by atoms with Crippen molar-refractivity contribution in [2.75, 3.05) is 33.2 Å². The van der Waals surface area contributed by atoms with Crippen molar-refractivity contribution in [3.63, 3.8) is 0 Å². The number of hydrogen-bond acceptors (Lipinski definition) is 7. The number of ether oxygens (including phenoxy) is 2. The van der Waals surface area contributed by atoms with Gasteiger partial charge in [-0.25, -0.2) is 4.68 Å². The molecule has 34 heavy (non-hydrogen) atoms. The minimum atomic E-state index is -0.310. The molecule has 2 heterocycles. The molecule has 1 aliphatic rings. The smallest absolute Gasteiger partial charge is 0.235 e. The molecule has 0 bridgehead atoms. The fourth-order valence-electron chi connectivity index (χ4n) is 4.30. The van der Waals surface area contributed by atoms with Crippen LogP contribution < -0.4 is 15.3 Å². The molecule has 1 aromatic heterocycles. The van der Waals surface area contributed by atoms with Crippen LogP contribution in [-0.4, -0.2) is 58.2 Å². The van der Waals surface area contributed by atoms with Crippen LogP contribution in [0.1, 0.15) is 25.3 Å². The summed E-state index contributed by atoms with van der Waals surface area (Å²) in [7, 11) is 3.16. The van der Waals surface area contributed by atoms with E-state index < -0.39 is 0 Å². The average Bonchev–Trinajstić information content (AvgIpc) is 3.23. The van der Waals surface area contributed by atoms with Gasteiger partial charge in [-0.05, 0) is 55.9 Å². The SMILES string of the molecule is COc1ccc(-c2nnc(SC(C)C(=O)N3CCC(Cc4ccccc4)CC3)n2N)cc1OC. The number of carbonyl (C=O) groups is 1. The van der Waals surface area contributed by atoms with Crippen LogP contribution in [0, 0.1) is 5.92 Å². The standard InChI is InChI=1S/C25H31N5O3S/c1-17(24(31)29-13-11-19(12-14-29)15-18-7-5-4-6-8-18)34-25-28-27-23(30(25)26)20-9-10-21(32-2)22(16-20)33-3/h4-10,16-17,19H,11-15,26H2,1-3H3. The van der Waals surface area contributed by atoms with E-state index in [1.165, 1.54) is 22.0 Å². The maximum atomic E-state index is 13.1. The van der Waals surface area contributed by atoms with E-state index in [-0.39, 0.29) is 11.2 Å². The molecule has 1 fully saturated rings. The lowest BCUT2D eigenvalue weighted by atomic mass is 9.90. The number of benzene rings is 2. The predicted octanol–water partition coefficient (Wildman–Crippen LogP) is 3.64. The van der Waals surface area contributed by atoms with Crippen LogP contribution in [0.2, 0.25) is 0 Å². The first-order chi connectivity index (χ1) is 16.5. The summed E-state index contributed by atoms with van der Waals surface area (Å²) >= 11 is 1.33. The van der Waals surface area contributed by atoms with Crippen molar-refractivity contribution in [2.45, 2.75) is 36.6 Å². The number of nitrogen functional groups attached to an aromatic ring is 1. The molecule has 1 amide bonds. The van der Waals surface area contributed by atoms with Gasteiger partial charge in [0.05, 0.1) is 19.5 Å². The number of nitrogens with zero attached hydrogens (tertiary/aromatic N) is 4. The molecule has 1 unspecified atom stereocenters. The zero-order valence-corrected chi connectivity index (χ0v) is 20.6. The number of nitrogens with two attached hydrogens (primary N) is 1. The Morgan fingerprint density at radius 1 is 1.09 bits per heavy atom. The van der Waals surface area contributed by atoms with Gasteiger partial charge >= 0.3 is 0 Å². The Kier molecular flexibility index (Phi) is 7.62. The Bertz CT molecular complexity index is 1110. The highest BCUT2D eigenvalue weighted by Crippen LogP contribution is 2.33. The van der Waals surface area contributed by atoms with E-state index in [0.717, 1.165) is 37.9 Å². The van der Waals surface area contributed by atoms with Crippen LogP contribution in [0.4, 0.5) is 0 Å². The molecule has 9 heteroatoms. The van der Waals surface area contributed by atoms with E-state index in [1.54, 1.807) is 26.4 Å². The van der Waals surface area contributed by atoms with Crippen molar-refractivity contribution in [3.05, 3.63) is 54.1 Å². The number of thioether (sulfide) groups is 1. The zero-order chi connectivity index (χ0) is 24.1. The number of methoxy groups -OCH3 is 2. The number of carbonyl (C=O) groups excluding carboxylic acids is 1. The number of aromatic nitrogens is 3. The summed E-state index contributed by atoms with van der Waals surface area (Å²) in [5, 5.41) is 8.64. The first-order valence-corrected chi connectivity index (χ1v) is 12.3. The second kappa shape index (κ2) is 10.8. The summed E-state index contributed by atoms with van der Waals surface area (Å²) in [5.41, 5.74) is 2.11. The highest BCUT2D eigenvalue weighted by atomic mass is 32.2. The molecule has 0 aliphatic carbocycles. The molecule has 4 rings (SSSR count). The van der Waals surface area contributed by atoms with Crippen LogP contribution in [0.5, 0.6) is 11.5 Å². The first-order valence-electron chi connectivity index (χ1n) is 11.4. The number of amides is 1. The minimum absolute atomic E-state index is 0.110. The molecule has 1 atom stereocenters. The summed E-state index contributed by atoms with van der Waals surface area (Å²) in [6, 6.07) is 16.0. The van der Waals surface area contributed by atoms with Gasteiger partial charge in [-0.1, -0.05) is 42.1 Å². The Morgan fingerprint density at radius 3 is 2.47 bits per heavy atom. The second-order valence-corrected chi connectivity index (χ2v) is 9.77. The maximum Gasteiger partial charge on any atom is 0.235 e. The lowest BCUT2D eigenvalue weighted by Gasteiger charge is -2.33. The van der Waals surface area contributed by atoms with E-state index in [4.69, 9.17) is 15.3 Å². The predicted molar refractivity (Wildman–Crippen MR) is 133 cm³/mol. The molecule has 2 N–H and O–H groups in total. The number of likely N-dealkylation sites (tertiary alicyclic amines) is 1. The lowest BCUT2D eigenvalue weighted by Crippen LogP contribution is -2.42. The Labute approximate surface area is 204 Å². The third-order valence-electron chi connectivity index (χ3n) is 6.23. The third kappa shape index (κ3) is 5.30. The molecule has 0 spiro atoms. The highest BCUT2D eigenvalue weighted by molar-refractivity contribution is 8.00. The van der Waals surface area contributed by atoms with E-state index in [1.807, 2.05) is 24.0 Å². The van der Waals surface area contributed by atoms with Crippen LogP contribution in [0.3, 0.4) is 0 Å². The van der Waals surface area contributed by atoms with Crippen LogP contribution in [-0.2, 0) is 11.2 Å². The summed E-state index contributed by atoms with van der Waals surface area (Å²) in [6.07, 6.45) is 3.12. The zero-order valence-electron chi connectivity index (χ0n) is 19.8. The summed E-state index contributed by atoms with van der Waals surface area (Å²) in [6.45, 7) is 3.47. The molecule has 2 aromatic carbocycles. The molecular weight excluding hydrogens is 450 g/mol. The largest absolute Gasteiger partial charge is 0.493 e. The van der Waals surface area contributed by atoms with Gasteiger partial charge in [0, 0.05) is 18.7 Å². The second-order valence-electron chi connectivity index (χ2n) is 8.46. The lowest BCUT2D eigenvalue weighted by molar-refractivity contribution is -0.131. The van der Waals surface area contributed by atoms with Crippen LogP contribution >= 0.6 is 11.8 Å². The Morgan fingerprint density at radius 2 is 1.79 bits per heavy atom. The number of piperidine rings is 1. The van der Waals surface area contributed by atoms with Crippen molar-refractivity contribution in [3.8, 4) is 22.9 Å². The molecular formula is C25H31N5O3S. The van der Waals surface area contributed by atoms with Gasteiger partial charge in [0.2, 0.25) is 11.1 Å². The number of hydrogen-bond donors (Lipinski definition) is 1. The topological polar surface area (TPSA) is 95.5 Å². The first kappa shape index (κ1) is 23.9. The van der Waals surface area contributed by atoms with Crippen molar-refractivity contribution < 1.29 is 14.3 Å². The Balaban J connectivity index is 1.36. The van der Waals surface area contributed by atoms with Gasteiger partial charge in [0.15, 0.2) is 17.3 Å². The van der Waals surface area contributed by atoms with Gasteiger partial charge < -0.3 is 20.2 Å². The fraction of sp³-hybridized carbons (Fsp3) is 0.400. The third-order valence-corrected chi connectivity index (χ3v) is 7.27. The maximum absolute atomic E-state index is 13.1. The van der Waals surface area contributed by atoms with Crippen LogP contribution in [0.15, 0.2) is 53.7 Å². The minimum Gasteiger partial charge on any atom is -0.493 e.